The van der Waals surface area contributed by atoms with Crippen LogP contribution in [-0.4, -0.2) is 23.6 Å². The summed E-state index contributed by atoms with van der Waals surface area (Å²) in [7, 11) is 0. The number of nitrogens with zero attached hydrogens (tertiary/aromatic N) is 1. The third kappa shape index (κ3) is 3.78. The highest BCUT2D eigenvalue weighted by Crippen LogP contribution is 2.55. The third-order valence-corrected chi connectivity index (χ3v) is 6.30. The lowest BCUT2D eigenvalue weighted by Crippen LogP contribution is -2.62. The summed E-state index contributed by atoms with van der Waals surface area (Å²) in [6.45, 7) is 1.59. The highest BCUT2D eigenvalue weighted by atomic mass is 16.5. The highest BCUT2D eigenvalue weighted by Gasteiger charge is 2.51. The fourth-order valence-corrected chi connectivity index (χ4v) is 5.65. The molecule has 1 atom stereocenters. The van der Waals surface area contributed by atoms with Crippen LogP contribution >= 0.6 is 0 Å². The van der Waals surface area contributed by atoms with Gasteiger partial charge in [0.15, 0.2) is 6.10 Å². The minimum Gasteiger partial charge on any atom is -0.481 e. The molecule has 4 aliphatic carbocycles. The monoisotopic (exact) mass is 367 g/mol. The van der Waals surface area contributed by atoms with Gasteiger partial charge in [0.25, 0.3) is 5.91 Å². The zero-order chi connectivity index (χ0) is 19.0. The molecular formula is C21H25N3O3. The Bertz CT molecular complexity index is 763. The lowest BCUT2D eigenvalue weighted by Gasteiger charge is -2.56. The van der Waals surface area contributed by atoms with E-state index in [2.05, 4.69) is 10.6 Å². The van der Waals surface area contributed by atoms with Crippen LogP contribution in [0.15, 0.2) is 24.3 Å². The second-order valence-corrected chi connectivity index (χ2v) is 8.54. The first-order valence-electron chi connectivity index (χ1n) is 9.74. The van der Waals surface area contributed by atoms with E-state index < -0.39 is 18.0 Å². The van der Waals surface area contributed by atoms with Gasteiger partial charge in [0.1, 0.15) is 5.75 Å². The normalized spacial score (nSPS) is 31.6. The predicted octanol–water partition coefficient (Wildman–Crippen LogP) is 3.12. The highest BCUT2D eigenvalue weighted by molar-refractivity contribution is 5.96. The largest absolute Gasteiger partial charge is 0.481 e. The fraction of sp³-hybridized carbons (Fsp3) is 0.571. The van der Waals surface area contributed by atoms with Gasteiger partial charge in [-0.1, -0.05) is 6.07 Å². The smallest absolute Gasteiger partial charge is 0.321 e. The lowest BCUT2D eigenvalue weighted by atomic mass is 9.53. The maximum absolute atomic E-state index is 12.5. The van der Waals surface area contributed by atoms with E-state index in [1.165, 1.54) is 19.3 Å². The van der Waals surface area contributed by atoms with Crippen molar-refractivity contribution in [1.29, 1.82) is 5.26 Å². The molecule has 0 aromatic heterocycles. The SMILES string of the molecule is C[C@@H](Oc1cccc(C#N)c1)C(=O)NC(=O)NC12CC3CC(CC(C3)C1)C2. The Kier molecular flexibility index (Phi) is 4.55. The zero-order valence-electron chi connectivity index (χ0n) is 15.5. The molecule has 0 radical (unpaired) electrons. The van der Waals surface area contributed by atoms with Crippen LogP contribution in [0.5, 0.6) is 5.75 Å². The molecule has 0 unspecified atom stereocenters. The van der Waals surface area contributed by atoms with Crippen molar-refractivity contribution in [2.24, 2.45) is 17.8 Å². The average Bonchev–Trinajstić information content (AvgIpc) is 2.60. The fourth-order valence-electron chi connectivity index (χ4n) is 5.65. The Labute approximate surface area is 159 Å². The number of benzene rings is 1. The number of nitriles is 1. The van der Waals surface area contributed by atoms with Crippen molar-refractivity contribution >= 4 is 11.9 Å². The summed E-state index contributed by atoms with van der Waals surface area (Å²) in [5, 5.41) is 14.5. The summed E-state index contributed by atoms with van der Waals surface area (Å²) in [5.74, 6) is 2.11. The number of nitrogens with one attached hydrogen (secondary N) is 2. The van der Waals surface area contributed by atoms with Gasteiger partial charge in [0.2, 0.25) is 0 Å². The number of amides is 3. The quantitative estimate of drug-likeness (QED) is 0.855. The van der Waals surface area contributed by atoms with Crippen molar-refractivity contribution in [3.05, 3.63) is 29.8 Å². The Morgan fingerprint density at radius 2 is 1.81 bits per heavy atom. The van der Waals surface area contributed by atoms with E-state index in [0.29, 0.717) is 11.3 Å². The molecule has 0 saturated heterocycles. The van der Waals surface area contributed by atoms with Crippen LogP contribution in [-0.2, 0) is 4.79 Å². The summed E-state index contributed by atoms with van der Waals surface area (Å²) < 4.78 is 5.57. The maximum Gasteiger partial charge on any atom is 0.321 e. The first-order chi connectivity index (χ1) is 12.9. The van der Waals surface area contributed by atoms with E-state index in [9.17, 15) is 9.59 Å². The van der Waals surface area contributed by atoms with E-state index in [-0.39, 0.29) is 5.54 Å². The van der Waals surface area contributed by atoms with Crippen molar-refractivity contribution in [1.82, 2.24) is 10.6 Å². The molecule has 0 spiro atoms. The second kappa shape index (κ2) is 6.88. The van der Waals surface area contributed by atoms with Crippen LogP contribution in [0.4, 0.5) is 4.79 Å². The van der Waals surface area contributed by atoms with Gasteiger partial charge in [0.05, 0.1) is 11.6 Å². The van der Waals surface area contributed by atoms with Gasteiger partial charge in [-0.25, -0.2) is 4.79 Å². The minimum atomic E-state index is -0.832. The molecule has 1 aromatic carbocycles. The number of imide groups is 1. The first-order valence-corrected chi connectivity index (χ1v) is 9.74. The van der Waals surface area contributed by atoms with E-state index in [4.69, 9.17) is 10.00 Å². The molecule has 27 heavy (non-hydrogen) atoms. The molecular weight excluding hydrogens is 342 g/mol. The molecule has 3 amide bonds. The van der Waals surface area contributed by atoms with Crippen molar-refractivity contribution in [3.8, 4) is 11.8 Å². The van der Waals surface area contributed by atoms with Crippen molar-refractivity contribution in [2.45, 2.75) is 57.1 Å². The Morgan fingerprint density at radius 1 is 1.19 bits per heavy atom. The van der Waals surface area contributed by atoms with Crippen LogP contribution in [0.3, 0.4) is 0 Å². The van der Waals surface area contributed by atoms with E-state index >= 15 is 0 Å². The van der Waals surface area contributed by atoms with Gasteiger partial charge in [-0.2, -0.15) is 5.26 Å². The average molecular weight is 367 g/mol. The van der Waals surface area contributed by atoms with Crippen LogP contribution in [0.1, 0.15) is 51.0 Å². The molecule has 4 bridgehead atoms. The molecule has 1 aromatic rings. The standard InChI is InChI=1S/C21H25N3O3/c1-13(27-18-4-2-3-14(8-18)12-22)19(25)23-20(26)24-21-9-15-5-16(10-21)7-17(6-15)11-21/h2-4,8,13,15-17H,5-7,9-11H2,1H3,(H2,23,24,25,26)/t13-,15?,16?,17?,21?/m1/s1. The number of carbonyl (C=O) groups excluding carboxylic acids is 2. The molecule has 0 aliphatic heterocycles. The summed E-state index contributed by atoms with van der Waals surface area (Å²) in [4.78, 5) is 24.8. The van der Waals surface area contributed by atoms with E-state index in [0.717, 1.165) is 37.0 Å². The summed E-state index contributed by atoms with van der Waals surface area (Å²) in [6, 6.07) is 8.21. The van der Waals surface area contributed by atoms with Gasteiger partial charge >= 0.3 is 6.03 Å². The van der Waals surface area contributed by atoms with Gasteiger partial charge < -0.3 is 10.1 Å². The molecule has 5 rings (SSSR count). The molecule has 0 heterocycles. The number of rotatable bonds is 4. The Morgan fingerprint density at radius 3 is 2.41 bits per heavy atom. The number of hydrogen-bond donors (Lipinski definition) is 2. The van der Waals surface area contributed by atoms with Crippen LogP contribution in [0, 0.1) is 29.1 Å². The number of hydrogen-bond acceptors (Lipinski definition) is 4. The Balaban J connectivity index is 1.32. The topological polar surface area (TPSA) is 91.2 Å². The van der Waals surface area contributed by atoms with Crippen molar-refractivity contribution in [2.75, 3.05) is 0 Å². The molecule has 4 saturated carbocycles. The molecule has 6 heteroatoms. The zero-order valence-corrected chi connectivity index (χ0v) is 15.5. The van der Waals surface area contributed by atoms with Gasteiger partial charge in [-0.3, -0.25) is 10.1 Å². The number of ether oxygens (including phenoxy) is 1. The van der Waals surface area contributed by atoms with Crippen LogP contribution in [0.2, 0.25) is 0 Å². The van der Waals surface area contributed by atoms with Crippen molar-refractivity contribution < 1.29 is 14.3 Å². The number of carbonyl (C=O) groups is 2. The first kappa shape index (κ1) is 17.8. The predicted molar refractivity (Wildman–Crippen MR) is 98.8 cm³/mol. The Hall–Kier alpha value is -2.55. The lowest BCUT2D eigenvalue weighted by molar-refractivity contribution is -0.126. The molecule has 4 aliphatic rings. The van der Waals surface area contributed by atoms with Crippen LogP contribution in [0.25, 0.3) is 0 Å². The minimum absolute atomic E-state index is 0.135. The van der Waals surface area contributed by atoms with Crippen molar-refractivity contribution in [3.63, 3.8) is 0 Å². The molecule has 2 N–H and O–H groups in total. The van der Waals surface area contributed by atoms with E-state index in [1.807, 2.05) is 6.07 Å². The van der Waals surface area contributed by atoms with Crippen LogP contribution < -0.4 is 15.4 Å². The summed E-state index contributed by atoms with van der Waals surface area (Å²) in [5.41, 5.74) is 0.323. The maximum atomic E-state index is 12.5. The molecule has 6 nitrogen and oxygen atoms in total. The van der Waals surface area contributed by atoms with E-state index in [1.54, 1.807) is 31.2 Å². The molecule has 4 fully saturated rings. The van der Waals surface area contributed by atoms with Gasteiger partial charge in [-0.05, 0) is 81.4 Å². The molecule has 142 valence electrons. The summed E-state index contributed by atoms with van der Waals surface area (Å²) >= 11 is 0. The van der Waals surface area contributed by atoms with Gasteiger partial charge in [-0.15, -0.1) is 0 Å². The third-order valence-electron chi connectivity index (χ3n) is 6.30. The number of urea groups is 1. The summed E-state index contributed by atoms with van der Waals surface area (Å²) in [6.07, 6.45) is 6.17. The second-order valence-electron chi connectivity index (χ2n) is 8.54. The van der Waals surface area contributed by atoms with Gasteiger partial charge in [0, 0.05) is 5.54 Å².